The Morgan fingerprint density at radius 2 is 2.20 bits per heavy atom. The van der Waals surface area contributed by atoms with Crippen LogP contribution in [-0.2, 0) is 11.2 Å². The van der Waals surface area contributed by atoms with E-state index in [1.807, 2.05) is 19.1 Å². The summed E-state index contributed by atoms with van der Waals surface area (Å²) >= 11 is 0. The molecular formula is C11H15N3O. The lowest BCUT2D eigenvalue weighted by Gasteiger charge is -1.99. The van der Waals surface area contributed by atoms with Gasteiger partial charge in [-0.05, 0) is 31.9 Å². The second-order valence-electron chi connectivity index (χ2n) is 3.59. The lowest BCUT2D eigenvalue weighted by Crippen LogP contribution is -1.95. The summed E-state index contributed by atoms with van der Waals surface area (Å²) in [6.07, 6.45) is 1.94. The first-order chi connectivity index (χ1) is 7.29. The Balaban J connectivity index is 2.15. The van der Waals surface area contributed by atoms with Gasteiger partial charge in [0, 0.05) is 19.4 Å². The van der Waals surface area contributed by atoms with E-state index < -0.39 is 0 Å². The number of ether oxygens (including phenoxy) is 1. The largest absolute Gasteiger partial charge is 0.385 e. The summed E-state index contributed by atoms with van der Waals surface area (Å²) in [4.78, 5) is 11.9. The number of nitrogens with one attached hydrogen (secondary N) is 1. The number of fused-ring (bicyclic) bond motifs is 1. The number of imidazole rings is 1. The van der Waals surface area contributed by atoms with Crippen LogP contribution in [-0.4, -0.2) is 28.7 Å². The minimum Gasteiger partial charge on any atom is -0.385 e. The SMILES string of the molecule is COCCCc1ccc2[nH]c(C)nc2n1. The fourth-order valence-corrected chi connectivity index (χ4v) is 1.59. The number of H-pyrrole nitrogens is 1. The zero-order chi connectivity index (χ0) is 10.7. The van der Waals surface area contributed by atoms with E-state index in [0.29, 0.717) is 0 Å². The Labute approximate surface area is 88.7 Å². The fraction of sp³-hybridized carbons (Fsp3) is 0.455. The Kier molecular flexibility index (Phi) is 2.97. The highest BCUT2D eigenvalue weighted by Gasteiger charge is 2.02. The molecule has 0 fully saturated rings. The third-order valence-electron chi connectivity index (χ3n) is 2.30. The average Bonchev–Trinajstić information content (AvgIpc) is 2.57. The molecule has 15 heavy (non-hydrogen) atoms. The molecule has 4 nitrogen and oxygen atoms in total. The van der Waals surface area contributed by atoms with Crippen LogP contribution in [0.15, 0.2) is 12.1 Å². The summed E-state index contributed by atoms with van der Waals surface area (Å²) in [7, 11) is 1.72. The molecule has 0 unspecified atom stereocenters. The second kappa shape index (κ2) is 4.40. The molecule has 0 aliphatic rings. The Bertz CT molecular complexity index is 450. The van der Waals surface area contributed by atoms with E-state index >= 15 is 0 Å². The topological polar surface area (TPSA) is 50.8 Å². The van der Waals surface area contributed by atoms with E-state index in [9.17, 15) is 0 Å². The summed E-state index contributed by atoms with van der Waals surface area (Å²) < 4.78 is 5.01. The van der Waals surface area contributed by atoms with Gasteiger partial charge in [0.25, 0.3) is 0 Å². The molecule has 0 saturated carbocycles. The van der Waals surface area contributed by atoms with Crippen molar-refractivity contribution in [2.75, 3.05) is 13.7 Å². The normalized spacial score (nSPS) is 11.1. The fourth-order valence-electron chi connectivity index (χ4n) is 1.59. The zero-order valence-electron chi connectivity index (χ0n) is 9.08. The quantitative estimate of drug-likeness (QED) is 0.775. The number of methoxy groups -OCH3 is 1. The molecule has 0 radical (unpaired) electrons. The zero-order valence-corrected chi connectivity index (χ0v) is 9.08. The maximum absolute atomic E-state index is 5.01. The lowest BCUT2D eigenvalue weighted by atomic mass is 10.2. The first kappa shape index (κ1) is 10.1. The van der Waals surface area contributed by atoms with Crippen molar-refractivity contribution >= 4 is 11.2 Å². The summed E-state index contributed by atoms with van der Waals surface area (Å²) in [5, 5.41) is 0. The summed E-state index contributed by atoms with van der Waals surface area (Å²) in [5.41, 5.74) is 2.89. The van der Waals surface area contributed by atoms with Crippen LogP contribution in [0.3, 0.4) is 0 Å². The van der Waals surface area contributed by atoms with Crippen molar-refractivity contribution in [3.05, 3.63) is 23.7 Å². The molecular weight excluding hydrogens is 190 g/mol. The lowest BCUT2D eigenvalue weighted by molar-refractivity contribution is 0.195. The predicted octanol–water partition coefficient (Wildman–Crippen LogP) is 1.85. The third-order valence-corrected chi connectivity index (χ3v) is 2.30. The van der Waals surface area contributed by atoms with Gasteiger partial charge >= 0.3 is 0 Å². The molecule has 0 amide bonds. The maximum atomic E-state index is 5.01. The van der Waals surface area contributed by atoms with Gasteiger partial charge in [-0.1, -0.05) is 0 Å². The molecule has 1 N–H and O–H groups in total. The third kappa shape index (κ3) is 2.33. The standard InChI is InChI=1S/C11H15N3O/c1-8-12-10-6-5-9(4-3-7-15-2)14-11(10)13-8/h5-6H,3-4,7H2,1-2H3,(H,12,13,14). The number of rotatable bonds is 4. The first-order valence-corrected chi connectivity index (χ1v) is 5.11. The molecule has 2 aromatic heterocycles. The van der Waals surface area contributed by atoms with Crippen molar-refractivity contribution in [3.8, 4) is 0 Å². The Morgan fingerprint density at radius 3 is 3.00 bits per heavy atom. The second-order valence-corrected chi connectivity index (χ2v) is 3.59. The maximum Gasteiger partial charge on any atom is 0.177 e. The van der Waals surface area contributed by atoms with Gasteiger partial charge in [0.2, 0.25) is 0 Å². The summed E-state index contributed by atoms with van der Waals surface area (Å²) in [6, 6.07) is 4.07. The van der Waals surface area contributed by atoms with Crippen LogP contribution in [0.5, 0.6) is 0 Å². The first-order valence-electron chi connectivity index (χ1n) is 5.11. The van der Waals surface area contributed by atoms with E-state index in [2.05, 4.69) is 15.0 Å². The van der Waals surface area contributed by atoms with Gasteiger partial charge in [0.05, 0.1) is 5.52 Å². The van der Waals surface area contributed by atoms with Crippen molar-refractivity contribution < 1.29 is 4.74 Å². The van der Waals surface area contributed by atoms with Crippen molar-refractivity contribution in [1.82, 2.24) is 15.0 Å². The minimum absolute atomic E-state index is 0.777. The molecule has 80 valence electrons. The van der Waals surface area contributed by atoms with Crippen molar-refractivity contribution in [2.24, 2.45) is 0 Å². The average molecular weight is 205 g/mol. The number of aromatic amines is 1. The number of aryl methyl sites for hydroxylation is 2. The molecule has 0 aromatic carbocycles. The van der Waals surface area contributed by atoms with Crippen LogP contribution >= 0.6 is 0 Å². The summed E-state index contributed by atoms with van der Waals surface area (Å²) in [5.74, 6) is 0.909. The Hall–Kier alpha value is -1.42. The highest BCUT2D eigenvalue weighted by Crippen LogP contribution is 2.10. The van der Waals surface area contributed by atoms with Gasteiger partial charge in [-0.25, -0.2) is 9.97 Å². The summed E-state index contributed by atoms with van der Waals surface area (Å²) in [6.45, 7) is 2.71. The van der Waals surface area contributed by atoms with Gasteiger partial charge < -0.3 is 9.72 Å². The molecule has 2 heterocycles. The molecule has 0 saturated heterocycles. The Morgan fingerprint density at radius 1 is 1.33 bits per heavy atom. The molecule has 0 atom stereocenters. The van der Waals surface area contributed by atoms with Crippen molar-refractivity contribution in [2.45, 2.75) is 19.8 Å². The molecule has 0 aliphatic heterocycles. The van der Waals surface area contributed by atoms with Gasteiger partial charge in [-0.2, -0.15) is 0 Å². The van der Waals surface area contributed by atoms with Gasteiger partial charge in [0.15, 0.2) is 5.65 Å². The monoisotopic (exact) mass is 205 g/mol. The van der Waals surface area contributed by atoms with Crippen LogP contribution in [0.4, 0.5) is 0 Å². The smallest absolute Gasteiger partial charge is 0.177 e. The number of nitrogens with zero attached hydrogens (tertiary/aromatic N) is 2. The van der Waals surface area contributed by atoms with Gasteiger partial charge in [0.1, 0.15) is 5.82 Å². The molecule has 4 heteroatoms. The number of hydrogen-bond donors (Lipinski definition) is 1. The van der Waals surface area contributed by atoms with Gasteiger partial charge in [-0.15, -0.1) is 0 Å². The van der Waals surface area contributed by atoms with E-state index in [1.54, 1.807) is 7.11 Å². The highest BCUT2D eigenvalue weighted by molar-refractivity contribution is 5.70. The minimum atomic E-state index is 0.777. The number of aromatic nitrogens is 3. The molecule has 2 aromatic rings. The van der Waals surface area contributed by atoms with Crippen LogP contribution in [0.25, 0.3) is 11.2 Å². The number of pyridine rings is 1. The molecule has 0 aliphatic carbocycles. The van der Waals surface area contributed by atoms with E-state index in [-0.39, 0.29) is 0 Å². The molecule has 0 bridgehead atoms. The van der Waals surface area contributed by atoms with Crippen molar-refractivity contribution in [1.29, 1.82) is 0 Å². The molecule has 2 rings (SSSR count). The molecule has 0 spiro atoms. The van der Waals surface area contributed by atoms with E-state index in [4.69, 9.17) is 4.74 Å². The van der Waals surface area contributed by atoms with Gasteiger partial charge in [-0.3, -0.25) is 0 Å². The van der Waals surface area contributed by atoms with Crippen LogP contribution in [0.1, 0.15) is 17.9 Å². The number of hydrogen-bond acceptors (Lipinski definition) is 3. The van der Waals surface area contributed by atoms with Crippen LogP contribution in [0, 0.1) is 6.92 Å². The van der Waals surface area contributed by atoms with E-state index in [1.165, 1.54) is 0 Å². The van der Waals surface area contributed by atoms with Crippen LogP contribution in [0.2, 0.25) is 0 Å². The van der Waals surface area contributed by atoms with E-state index in [0.717, 1.165) is 42.1 Å². The van der Waals surface area contributed by atoms with Crippen LogP contribution < -0.4 is 0 Å². The highest BCUT2D eigenvalue weighted by atomic mass is 16.5. The van der Waals surface area contributed by atoms with Crippen molar-refractivity contribution in [3.63, 3.8) is 0 Å². The predicted molar refractivity (Wildman–Crippen MR) is 58.8 cm³/mol.